The first-order valence-corrected chi connectivity index (χ1v) is 8.35. The van der Waals surface area contributed by atoms with Crippen molar-refractivity contribution in [2.75, 3.05) is 13.7 Å². The maximum atomic E-state index is 12.5. The topological polar surface area (TPSA) is 58.6 Å². The molecule has 0 aromatic heterocycles. The lowest BCUT2D eigenvalue weighted by Gasteiger charge is -2.22. The largest absolute Gasteiger partial charge is 0.496 e. The fourth-order valence-corrected chi connectivity index (χ4v) is 3.25. The Hall–Kier alpha value is -2.33. The third kappa shape index (κ3) is 3.60. The van der Waals surface area contributed by atoms with E-state index in [4.69, 9.17) is 4.74 Å². The summed E-state index contributed by atoms with van der Waals surface area (Å²) in [5.41, 5.74) is 1.70. The normalized spacial score (nSPS) is 15.9. The number of aliphatic hydroxyl groups is 1. The van der Waals surface area contributed by atoms with Crippen LogP contribution in [0.4, 0.5) is 0 Å². The molecule has 0 bridgehead atoms. The second-order valence-electron chi connectivity index (χ2n) is 6.40. The minimum Gasteiger partial charge on any atom is -0.496 e. The van der Waals surface area contributed by atoms with Crippen LogP contribution in [0.3, 0.4) is 0 Å². The summed E-state index contributed by atoms with van der Waals surface area (Å²) in [5.74, 6) is 0.558. The van der Waals surface area contributed by atoms with Crippen LogP contribution in [0.2, 0.25) is 0 Å². The molecule has 2 aromatic carbocycles. The molecule has 0 atom stereocenters. The van der Waals surface area contributed by atoms with Gasteiger partial charge < -0.3 is 15.2 Å². The van der Waals surface area contributed by atoms with Crippen LogP contribution in [-0.4, -0.2) is 30.3 Å². The number of benzene rings is 2. The van der Waals surface area contributed by atoms with Crippen molar-refractivity contribution in [3.8, 4) is 16.9 Å². The van der Waals surface area contributed by atoms with Crippen LogP contribution in [0.25, 0.3) is 11.1 Å². The predicted molar refractivity (Wildman–Crippen MR) is 94.2 cm³/mol. The fourth-order valence-electron chi connectivity index (χ4n) is 3.25. The van der Waals surface area contributed by atoms with Gasteiger partial charge >= 0.3 is 0 Å². The van der Waals surface area contributed by atoms with E-state index in [9.17, 15) is 9.90 Å². The Balaban J connectivity index is 1.79. The molecule has 1 fully saturated rings. The van der Waals surface area contributed by atoms with Crippen molar-refractivity contribution in [2.45, 2.75) is 31.3 Å². The third-order valence-corrected chi connectivity index (χ3v) is 4.66. The van der Waals surface area contributed by atoms with Crippen molar-refractivity contribution < 1.29 is 14.6 Å². The molecule has 1 amide bonds. The molecule has 2 aromatic rings. The average molecular weight is 325 g/mol. The number of rotatable bonds is 5. The van der Waals surface area contributed by atoms with Crippen LogP contribution in [0.1, 0.15) is 36.0 Å². The van der Waals surface area contributed by atoms with Crippen LogP contribution in [-0.2, 0) is 0 Å². The van der Waals surface area contributed by atoms with Gasteiger partial charge in [0.05, 0.1) is 12.7 Å². The Morgan fingerprint density at radius 2 is 1.88 bits per heavy atom. The van der Waals surface area contributed by atoms with E-state index < -0.39 is 5.60 Å². The molecular formula is C20H23NO3. The molecular weight excluding hydrogens is 302 g/mol. The molecule has 0 aliphatic heterocycles. The summed E-state index contributed by atoms with van der Waals surface area (Å²) in [6, 6.07) is 15.2. The number of amides is 1. The highest BCUT2D eigenvalue weighted by Crippen LogP contribution is 2.31. The quantitative estimate of drug-likeness (QED) is 0.886. The number of nitrogens with one attached hydrogen (secondary N) is 1. The molecule has 1 aliphatic carbocycles. The lowest BCUT2D eigenvalue weighted by molar-refractivity contribution is 0.0449. The maximum absolute atomic E-state index is 12.5. The Morgan fingerprint density at radius 3 is 2.54 bits per heavy atom. The summed E-state index contributed by atoms with van der Waals surface area (Å²) in [5, 5.41) is 13.2. The average Bonchev–Trinajstić information content (AvgIpc) is 3.07. The first-order valence-electron chi connectivity index (χ1n) is 8.35. The number of methoxy groups -OCH3 is 1. The van der Waals surface area contributed by atoms with Gasteiger partial charge in [-0.1, -0.05) is 43.2 Å². The van der Waals surface area contributed by atoms with Gasteiger partial charge in [0.1, 0.15) is 5.75 Å². The first kappa shape index (κ1) is 16.5. The van der Waals surface area contributed by atoms with Crippen molar-refractivity contribution in [3.05, 3.63) is 54.1 Å². The molecule has 4 nitrogen and oxygen atoms in total. The molecule has 0 saturated heterocycles. The van der Waals surface area contributed by atoms with Crippen LogP contribution < -0.4 is 10.1 Å². The van der Waals surface area contributed by atoms with Crippen LogP contribution in [0, 0.1) is 0 Å². The third-order valence-electron chi connectivity index (χ3n) is 4.66. The van der Waals surface area contributed by atoms with E-state index in [1.54, 1.807) is 13.2 Å². The standard InChI is InChI=1S/C20H23NO3/c1-24-18-10-9-16(13-17(18)15-7-3-2-4-8-15)19(22)21-14-20(23)11-5-6-12-20/h2-4,7-10,13,23H,5-6,11-12,14H2,1H3,(H,21,22). The van der Waals surface area contributed by atoms with Gasteiger partial charge in [-0.05, 0) is 36.6 Å². The van der Waals surface area contributed by atoms with Crippen molar-refractivity contribution >= 4 is 5.91 Å². The van der Waals surface area contributed by atoms with Crippen molar-refractivity contribution in [1.29, 1.82) is 0 Å². The van der Waals surface area contributed by atoms with Crippen molar-refractivity contribution in [2.24, 2.45) is 0 Å². The van der Waals surface area contributed by atoms with Crippen LogP contribution in [0.15, 0.2) is 48.5 Å². The van der Waals surface area contributed by atoms with E-state index >= 15 is 0 Å². The number of hydrogen-bond donors (Lipinski definition) is 2. The molecule has 4 heteroatoms. The van der Waals surface area contributed by atoms with E-state index in [2.05, 4.69) is 5.32 Å². The van der Waals surface area contributed by atoms with E-state index in [-0.39, 0.29) is 5.91 Å². The minimum atomic E-state index is -0.746. The summed E-state index contributed by atoms with van der Waals surface area (Å²) < 4.78 is 5.42. The first-order chi connectivity index (χ1) is 11.6. The Labute approximate surface area is 142 Å². The van der Waals surface area contributed by atoms with Gasteiger partial charge in [0, 0.05) is 17.7 Å². The Kier molecular flexibility index (Phi) is 4.86. The molecule has 24 heavy (non-hydrogen) atoms. The molecule has 0 heterocycles. The molecule has 0 spiro atoms. The number of hydrogen-bond acceptors (Lipinski definition) is 3. The van der Waals surface area contributed by atoms with Crippen molar-refractivity contribution in [1.82, 2.24) is 5.32 Å². The second-order valence-corrected chi connectivity index (χ2v) is 6.40. The Bertz CT molecular complexity index is 706. The zero-order valence-corrected chi connectivity index (χ0v) is 13.9. The van der Waals surface area contributed by atoms with E-state index in [0.717, 1.165) is 42.6 Å². The molecule has 1 aliphatic rings. The maximum Gasteiger partial charge on any atom is 0.251 e. The second kappa shape index (κ2) is 7.05. The zero-order valence-electron chi connectivity index (χ0n) is 13.9. The smallest absolute Gasteiger partial charge is 0.251 e. The van der Waals surface area contributed by atoms with Crippen LogP contribution >= 0.6 is 0 Å². The lowest BCUT2D eigenvalue weighted by atomic mass is 10.0. The molecule has 0 radical (unpaired) electrons. The molecule has 1 saturated carbocycles. The van der Waals surface area contributed by atoms with Crippen LogP contribution in [0.5, 0.6) is 5.75 Å². The van der Waals surface area contributed by atoms with Gasteiger partial charge in [-0.2, -0.15) is 0 Å². The molecule has 2 N–H and O–H groups in total. The van der Waals surface area contributed by atoms with E-state index in [1.807, 2.05) is 42.5 Å². The van der Waals surface area contributed by atoms with Crippen molar-refractivity contribution in [3.63, 3.8) is 0 Å². The summed E-state index contributed by atoms with van der Waals surface area (Å²) >= 11 is 0. The highest BCUT2D eigenvalue weighted by Gasteiger charge is 2.31. The van der Waals surface area contributed by atoms with Gasteiger partial charge in [0.2, 0.25) is 0 Å². The highest BCUT2D eigenvalue weighted by molar-refractivity contribution is 5.96. The zero-order chi connectivity index (χ0) is 17.0. The summed E-state index contributed by atoms with van der Waals surface area (Å²) in [6.45, 7) is 0.304. The van der Waals surface area contributed by atoms with Gasteiger partial charge in [-0.3, -0.25) is 4.79 Å². The molecule has 0 unspecified atom stereocenters. The SMILES string of the molecule is COc1ccc(C(=O)NCC2(O)CCCC2)cc1-c1ccccc1. The van der Waals surface area contributed by atoms with E-state index in [1.165, 1.54) is 0 Å². The molecule has 3 rings (SSSR count). The molecule has 126 valence electrons. The lowest BCUT2D eigenvalue weighted by Crippen LogP contribution is -2.40. The minimum absolute atomic E-state index is 0.171. The summed E-state index contributed by atoms with van der Waals surface area (Å²) in [4.78, 5) is 12.5. The Morgan fingerprint density at radius 1 is 1.17 bits per heavy atom. The monoisotopic (exact) mass is 325 g/mol. The van der Waals surface area contributed by atoms with Gasteiger partial charge in [0.25, 0.3) is 5.91 Å². The number of ether oxygens (including phenoxy) is 1. The fraction of sp³-hybridized carbons (Fsp3) is 0.350. The van der Waals surface area contributed by atoms with E-state index in [0.29, 0.717) is 12.1 Å². The summed E-state index contributed by atoms with van der Waals surface area (Å²) in [7, 11) is 1.62. The number of carbonyl (C=O) groups is 1. The van der Waals surface area contributed by atoms with Gasteiger partial charge in [-0.25, -0.2) is 0 Å². The van der Waals surface area contributed by atoms with Gasteiger partial charge in [-0.15, -0.1) is 0 Å². The highest BCUT2D eigenvalue weighted by atomic mass is 16.5. The summed E-state index contributed by atoms with van der Waals surface area (Å²) in [6.07, 6.45) is 3.55. The number of carbonyl (C=O) groups excluding carboxylic acids is 1. The van der Waals surface area contributed by atoms with Gasteiger partial charge in [0.15, 0.2) is 0 Å². The predicted octanol–water partition coefficient (Wildman–Crippen LogP) is 3.40.